The van der Waals surface area contributed by atoms with E-state index < -0.39 is 17.3 Å². The van der Waals surface area contributed by atoms with Crippen molar-refractivity contribution < 1.29 is 19.1 Å². The highest BCUT2D eigenvalue weighted by Crippen LogP contribution is 2.38. The quantitative estimate of drug-likeness (QED) is 0.241. The molecule has 0 amide bonds. The molecule has 5 rings (SSSR count). The molecule has 2 aromatic heterocycles. The van der Waals surface area contributed by atoms with Gasteiger partial charge in [0.05, 0.1) is 16.8 Å². The predicted octanol–water partition coefficient (Wildman–Crippen LogP) is 6.46. The number of hydrogen-bond acceptors (Lipinski definition) is 4. The van der Waals surface area contributed by atoms with Crippen LogP contribution in [0.5, 0.6) is 0 Å². The molecule has 5 aromatic rings. The van der Waals surface area contributed by atoms with E-state index >= 15 is 0 Å². The Morgan fingerprint density at radius 3 is 2.31 bits per heavy atom. The molecule has 0 bridgehead atoms. The number of rotatable bonds is 7. The average molecular weight is 520 g/mol. The summed E-state index contributed by atoms with van der Waals surface area (Å²) in [6.45, 7) is 3.17. The first-order valence-corrected chi connectivity index (χ1v) is 12.4. The molecule has 6 nitrogen and oxygen atoms in total. The number of benzene rings is 3. The molecule has 7 heteroatoms. The van der Waals surface area contributed by atoms with Gasteiger partial charge in [-0.25, -0.2) is 9.18 Å². The van der Waals surface area contributed by atoms with Crippen LogP contribution in [0.2, 0.25) is 0 Å². The fourth-order valence-corrected chi connectivity index (χ4v) is 5.06. The van der Waals surface area contributed by atoms with Crippen molar-refractivity contribution >= 4 is 28.2 Å². The minimum Gasteiger partial charge on any atom is -0.478 e. The molecule has 0 aliphatic rings. The van der Waals surface area contributed by atoms with Gasteiger partial charge in [-0.1, -0.05) is 54.6 Å². The molecular weight excluding hydrogens is 493 g/mol. The summed E-state index contributed by atoms with van der Waals surface area (Å²) in [4.78, 5) is 28.5. The van der Waals surface area contributed by atoms with Crippen molar-refractivity contribution in [3.05, 3.63) is 131 Å². The largest absolute Gasteiger partial charge is 0.478 e. The number of carboxylic acid groups (broad SMARTS) is 1. The van der Waals surface area contributed by atoms with Gasteiger partial charge in [-0.2, -0.15) is 0 Å². The Hall–Kier alpha value is -5.04. The number of carbonyl (C=O) groups excluding carboxylic acids is 1. The van der Waals surface area contributed by atoms with Gasteiger partial charge in [0, 0.05) is 34.6 Å². The van der Waals surface area contributed by atoms with Crippen LogP contribution < -0.4 is 5.73 Å². The summed E-state index contributed by atoms with van der Waals surface area (Å²) in [5.41, 5.74) is 11.0. The van der Waals surface area contributed by atoms with Gasteiger partial charge in [-0.15, -0.1) is 0 Å². The summed E-state index contributed by atoms with van der Waals surface area (Å²) in [6, 6.07) is 25.0. The van der Waals surface area contributed by atoms with E-state index in [0.29, 0.717) is 28.0 Å². The lowest BCUT2D eigenvalue weighted by Gasteiger charge is -2.21. The number of aromatic nitrogens is 2. The summed E-state index contributed by atoms with van der Waals surface area (Å²) < 4.78 is 16.8. The number of nitrogens with two attached hydrogens (primary N) is 1. The van der Waals surface area contributed by atoms with Crippen molar-refractivity contribution in [2.45, 2.75) is 19.9 Å². The number of halogens is 1. The number of Topliss-reactive ketones (excluding diaryl/α,β-unsaturated/α-hetero) is 1. The fraction of sp³-hybridized carbons (Fsp3) is 0.0938. The Balaban J connectivity index is 1.84. The maximum atomic E-state index is 14.8. The van der Waals surface area contributed by atoms with Crippen LogP contribution in [0.25, 0.3) is 27.6 Å². The van der Waals surface area contributed by atoms with Crippen LogP contribution in [0.1, 0.15) is 47.1 Å². The van der Waals surface area contributed by atoms with Crippen LogP contribution in [-0.4, -0.2) is 26.4 Å². The van der Waals surface area contributed by atoms with Gasteiger partial charge >= 0.3 is 5.97 Å². The van der Waals surface area contributed by atoms with Crippen LogP contribution >= 0.6 is 0 Å². The first kappa shape index (κ1) is 25.6. The van der Waals surface area contributed by atoms with Crippen molar-refractivity contribution in [2.75, 3.05) is 0 Å². The minimum absolute atomic E-state index is 0.150. The van der Waals surface area contributed by atoms with Gasteiger partial charge in [-0.3, -0.25) is 9.78 Å². The molecule has 39 heavy (non-hydrogen) atoms. The molecule has 0 radical (unpaired) electrons. The molecule has 2 heterocycles. The third-order valence-electron chi connectivity index (χ3n) is 6.74. The average Bonchev–Trinajstić information content (AvgIpc) is 3.28. The van der Waals surface area contributed by atoms with Gasteiger partial charge in [0.1, 0.15) is 11.9 Å². The van der Waals surface area contributed by atoms with E-state index in [1.54, 1.807) is 19.2 Å². The third-order valence-corrected chi connectivity index (χ3v) is 6.74. The highest BCUT2D eigenvalue weighted by molar-refractivity contribution is 6.21. The lowest BCUT2D eigenvalue weighted by atomic mass is 9.97. The maximum Gasteiger partial charge on any atom is 0.338 e. The number of carboxylic acids is 1. The number of allylic oxidation sites excluding steroid dienone is 2. The molecule has 0 saturated heterocycles. The van der Waals surface area contributed by atoms with Crippen molar-refractivity contribution in [1.29, 1.82) is 0 Å². The summed E-state index contributed by atoms with van der Waals surface area (Å²) >= 11 is 0. The summed E-state index contributed by atoms with van der Waals surface area (Å²) in [5, 5.41) is 10.1. The van der Waals surface area contributed by atoms with E-state index in [0.717, 1.165) is 22.2 Å². The lowest BCUT2D eigenvalue weighted by molar-refractivity contribution is -0.111. The van der Waals surface area contributed by atoms with E-state index in [9.17, 15) is 19.1 Å². The second kappa shape index (κ2) is 10.4. The van der Waals surface area contributed by atoms with E-state index in [1.165, 1.54) is 19.1 Å². The smallest absolute Gasteiger partial charge is 0.338 e. The summed E-state index contributed by atoms with van der Waals surface area (Å²) in [7, 11) is 0. The zero-order valence-corrected chi connectivity index (χ0v) is 21.4. The number of ketones is 1. The zero-order valence-electron chi connectivity index (χ0n) is 21.4. The Kier molecular flexibility index (Phi) is 6.81. The number of pyridine rings is 1. The molecular formula is C32H26FN3O3. The van der Waals surface area contributed by atoms with Crippen LogP contribution in [0.15, 0.2) is 103 Å². The maximum absolute atomic E-state index is 14.8. The SMILES string of the molecule is CC(=O)C(=C(C)N)c1ccc2c(-c3ccc(C(=O)O)c(F)c3)cn(C(c3ccccc3)c3ccccn3)c2c1. The summed E-state index contributed by atoms with van der Waals surface area (Å²) in [5.74, 6) is -2.29. The molecule has 0 spiro atoms. The molecule has 0 aliphatic heterocycles. The first-order chi connectivity index (χ1) is 18.8. The van der Waals surface area contributed by atoms with Gasteiger partial charge in [-0.05, 0) is 60.9 Å². The van der Waals surface area contributed by atoms with Crippen LogP contribution in [0, 0.1) is 5.82 Å². The Morgan fingerprint density at radius 1 is 0.949 bits per heavy atom. The Morgan fingerprint density at radius 2 is 1.69 bits per heavy atom. The topological polar surface area (TPSA) is 98.2 Å². The molecule has 3 aromatic carbocycles. The molecule has 0 fully saturated rings. The highest BCUT2D eigenvalue weighted by atomic mass is 19.1. The Bertz CT molecular complexity index is 1700. The molecule has 0 saturated carbocycles. The number of carbonyl (C=O) groups is 2. The van der Waals surface area contributed by atoms with Gasteiger partial charge in [0.2, 0.25) is 0 Å². The fourth-order valence-electron chi connectivity index (χ4n) is 5.06. The number of nitrogens with zero attached hydrogens (tertiary/aromatic N) is 2. The second-order valence-electron chi connectivity index (χ2n) is 9.36. The van der Waals surface area contributed by atoms with Crippen molar-refractivity contribution in [1.82, 2.24) is 9.55 Å². The van der Waals surface area contributed by atoms with Crippen molar-refractivity contribution in [3.63, 3.8) is 0 Å². The van der Waals surface area contributed by atoms with E-state index in [2.05, 4.69) is 9.55 Å². The van der Waals surface area contributed by atoms with Gasteiger partial charge in [0.25, 0.3) is 0 Å². The van der Waals surface area contributed by atoms with Crippen LogP contribution in [0.3, 0.4) is 0 Å². The molecule has 1 atom stereocenters. The van der Waals surface area contributed by atoms with Gasteiger partial charge in [0.15, 0.2) is 5.78 Å². The normalized spacial score (nSPS) is 12.7. The highest BCUT2D eigenvalue weighted by Gasteiger charge is 2.23. The van der Waals surface area contributed by atoms with Crippen molar-refractivity contribution in [2.24, 2.45) is 5.73 Å². The van der Waals surface area contributed by atoms with E-state index in [4.69, 9.17) is 5.73 Å². The van der Waals surface area contributed by atoms with Gasteiger partial charge < -0.3 is 15.4 Å². The second-order valence-corrected chi connectivity index (χ2v) is 9.36. The molecule has 0 aliphatic carbocycles. The standard InChI is InChI=1S/C32H26FN3O3/c1-19(34)30(20(2)37)23-12-13-24-26(22-11-14-25(32(38)39)27(33)16-22)18-36(29(24)17-23)31(21-8-4-3-5-9-21)28-10-6-7-15-35-28/h3-18,31H,34H2,1-2H3,(H,38,39). The zero-order chi connectivity index (χ0) is 27.7. The lowest BCUT2D eigenvalue weighted by Crippen LogP contribution is -2.13. The third kappa shape index (κ3) is 4.82. The Labute approximate surface area is 224 Å². The monoisotopic (exact) mass is 519 g/mol. The van der Waals surface area contributed by atoms with Crippen molar-refractivity contribution in [3.8, 4) is 11.1 Å². The van der Waals surface area contributed by atoms with E-state index in [1.807, 2.05) is 72.9 Å². The molecule has 194 valence electrons. The first-order valence-electron chi connectivity index (χ1n) is 12.4. The molecule has 1 unspecified atom stereocenters. The summed E-state index contributed by atoms with van der Waals surface area (Å²) in [6.07, 6.45) is 3.65. The minimum atomic E-state index is -1.33. The van der Waals surface area contributed by atoms with E-state index in [-0.39, 0.29) is 11.8 Å². The van der Waals surface area contributed by atoms with Crippen LogP contribution in [-0.2, 0) is 4.79 Å². The van der Waals surface area contributed by atoms with Crippen LogP contribution in [0.4, 0.5) is 4.39 Å². The number of aromatic carboxylic acids is 1. The number of hydrogen-bond donors (Lipinski definition) is 2. The predicted molar refractivity (Wildman–Crippen MR) is 150 cm³/mol. The number of fused-ring (bicyclic) bond motifs is 1. The molecule has 3 N–H and O–H groups in total.